The molecule has 0 saturated heterocycles. The van der Waals surface area contributed by atoms with Crippen molar-refractivity contribution in [1.82, 2.24) is 0 Å². The second-order valence-corrected chi connectivity index (χ2v) is 10.7. The van der Waals surface area contributed by atoms with Crippen LogP contribution in [-0.2, 0) is 0 Å². The summed E-state index contributed by atoms with van der Waals surface area (Å²) in [5.74, 6) is 0. The molecule has 0 bridgehead atoms. The Balaban J connectivity index is 3.13. The molecule has 3 heteroatoms. The van der Waals surface area contributed by atoms with Crippen molar-refractivity contribution in [3.63, 3.8) is 0 Å². The van der Waals surface area contributed by atoms with E-state index in [1.165, 1.54) is 5.30 Å². The molecule has 1 aromatic carbocycles. The van der Waals surface area contributed by atoms with E-state index in [1.807, 2.05) is 6.07 Å². The molecule has 0 aliphatic carbocycles. The van der Waals surface area contributed by atoms with Gasteiger partial charge in [-0.15, -0.1) is 0 Å². The Morgan fingerprint density at radius 2 is 1.56 bits per heavy atom. The molecule has 0 aliphatic rings. The Morgan fingerprint density at radius 1 is 1.00 bits per heavy atom. The number of hydrogen-bond acceptors (Lipinski definition) is 0. The van der Waals surface area contributed by atoms with E-state index in [1.54, 1.807) is 0 Å². The molecular weight excluding hydrogens is 261 g/mol. The zero-order chi connectivity index (χ0) is 6.69. The molecule has 0 spiro atoms. The molecule has 0 nitrogen and oxygen atoms in total. The predicted octanol–water partition coefficient (Wildman–Crippen LogP) is 0.961. The van der Waals surface area contributed by atoms with Crippen LogP contribution in [0, 0.1) is 0 Å². The first-order chi connectivity index (χ1) is 4.30. The van der Waals surface area contributed by atoms with Crippen molar-refractivity contribution in [3.05, 3.63) is 30.3 Å². The van der Waals surface area contributed by atoms with Crippen LogP contribution in [0.15, 0.2) is 30.3 Å². The van der Waals surface area contributed by atoms with Crippen LogP contribution in [0.3, 0.4) is 0 Å². The molecule has 0 unspecified atom stereocenters. The average Bonchev–Trinajstić information content (AvgIpc) is 1.90. The van der Waals surface area contributed by atoms with Gasteiger partial charge in [0.15, 0.2) is 0 Å². The molecule has 0 saturated carbocycles. The first-order valence-electron chi connectivity index (χ1n) is 2.50. The van der Waals surface area contributed by atoms with Gasteiger partial charge in [0.05, 0.1) is 0 Å². The Hall–Kier alpha value is 0.559. The molecule has 0 N–H and O–H groups in total. The van der Waals surface area contributed by atoms with Crippen molar-refractivity contribution in [2.24, 2.45) is 0 Å². The number of benzene rings is 1. The summed E-state index contributed by atoms with van der Waals surface area (Å²) >= 11 is 6.13. The molecule has 0 radical (unpaired) electrons. The fourth-order valence-electron chi connectivity index (χ4n) is 0.550. The van der Waals surface area contributed by atoms with Crippen LogP contribution in [0.2, 0.25) is 0 Å². The van der Waals surface area contributed by atoms with E-state index in [0.29, 0.717) is 0 Å². The third-order valence-corrected chi connectivity index (χ3v) is 4.34. The van der Waals surface area contributed by atoms with Crippen LogP contribution in [-0.4, -0.2) is 30.2 Å². The van der Waals surface area contributed by atoms with Gasteiger partial charge >= 0.3 is 70.2 Å². The molecule has 0 fully saturated rings. The molecule has 1 aromatic rings. The average molecular weight is 266 g/mol. The van der Waals surface area contributed by atoms with Crippen LogP contribution in [0.5, 0.6) is 0 Å². The van der Waals surface area contributed by atoms with E-state index in [4.69, 9.17) is 0 Å². The van der Waals surface area contributed by atoms with Gasteiger partial charge in [-0.1, -0.05) is 0 Å². The van der Waals surface area contributed by atoms with Crippen molar-refractivity contribution in [2.45, 2.75) is 0 Å². The maximum absolute atomic E-state index is 3.07. The van der Waals surface area contributed by atoms with Gasteiger partial charge in [0.2, 0.25) is 0 Å². The Morgan fingerprint density at radius 3 is 1.89 bits per heavy atom. The molecule has 0 heterocycles. The molecular formula is C6H5PSe2. The zero-order valence-corrected chi connectivity index (χ0v) is 8.97. The van der Waals surface area contributed by atoms with Crippen LogP contribution < -0.4 is 5.30 Å². The zero-order valence-electron chi connectivity index (χ0n) is 4.65. The maximum atomic E-state index is 3.07. The van der Waals surface area contributed by atoms with E-state index >= 15 is 0 Å². The summed E-state index contributed by atoms with van der Waals surface area (Å²) in [5, 5.41) is 1.37. The van der Waals surface area contributed by atoms with Gasteiger partial charge < -0.3 is 0 Å². The van der Waals surface area contributed by atoms with Gasteiger partial charge in [0.1, 0.15) is 0 Å². The summed E-state index contributed by atoms with van der Waals surface area (Å²) < 4.78 is -0.146. The molecule has 9 heavy (non-hydrogen) atoms. The van der Waals surface area contributed by atoms with Crippen molar-refractivity contribution in [1.29, 1.82) is 0 Å². The van der Waals surface area contributed by atoms with Crippen LogP contribution in [0.4, 0.5) is 0 Å². The van der Waals surface area contributed by atoms with Crippen LogP contribution in [0.1, 0.15) is 0 Å². The minimum atomic E-state index is -0.146. The van der Waals surface area contributed by atoms with Crippen molar-refractivity contribution in [3.8, 4) is 0 Å². The van der Waals surface area contributed by atoms with Gasteiger partial charge in [0.25, 0.3) is 0 Å². The van der Waals surface area contributed by atoms with Crippen molar-refractivity contribution < 1.29 is 0 Å². The van der Waals surface area contributed by atoms with Gasteiger partial charge in [0, 0.05) is 0 Å². The van der Waals surface area contributed by atoms with Crippen LogP contribution in [0.25, 0.3) is 0 Å². The van der Waals surface area contributed by atoms with E-state index in [2.05, 4.69) is 54.5 Å². The van der Waals surface area contributed by atoms with E-state index in [9.17, 15) is 0 Å². The Labute approximate surface area is 70.2 Å². The molecule has 1 rings (SSSR count). The van der Waals surface area contributed by atoms with Crippen molar-refractivity contribution >= 4 is 39.9 Å². The first-order valence-corrected chi connectivity index (χ1v) is 8.27. The van der Waals surface area contributed by atoms with Crippen molar-refractivity contribution in [2.75, 3.05) is 0 Å². The molecule has 0 aliphatic heterocycles. The van der Waals surface area contributed by atoms with E-state index in [-0.39, 0.29) is 4.41 Å². The van der Waals surface area contributed by atoms with Gasteiger partial charge in [-0.2, -0.15) is 0 Å². The van der Waals surface area contributed by atoms with Crippen LogP contribution >= 0.6 is 4.41 Å². The third kappa shape index (κ3) is 2.33. The fourth-order valence-corrected chi connectivity index (χ4v) is 2.50. The standard InChI is InChI=1S/C6H5PSe2/c8-7(9)6-4-2-1-3-5-6/h1-5H. The number of hydrogen-bond donors (Lipinski definition) is 0. The molecule has 0 amide bonds. The molecule has 0 atom stereocenters. The van der Waals surface area contributed by atoms with Gasteiger partial charge in [-0.05, 0) is 0 Å². The van der Waals surface area contributed by atoms with E-state index < -0.39 is 0 Å². The summed E-state index contributed by atoms with van der Waals surface area (Å²) in [4.78, 5) is 0. The summed E-state index contributed by atoms with van der Waals surface area (Å²) in [6, 6.07) is 10.4. The monoisotopic (exact) mass is 268 g/mol. The van der Waals surface area contributed by atoms with Gasteiger partial charge in [-0.25, -0.2) is 0 Å². The van der Waals surface area contributed by atoms with Gasteiger partial charge in [-0.3, -0.25) is 0 Å². The minimum absolute atomic E-state index is 0.146. The first kappa shape index (κ1) is 7.66. The second kappa shape index (κ2) is 3.66. The Bertz CT molecular complexity index is 243. The SMILES string of the molecule is [Se]=P(=[Se])c1ccccc1. The number of rotatable bonds is 1. The topological polar surface area (TPSA) is 0 Å². The summed E-state index contributed by atoms with van der Waals surface area (Å²) in [6.07, 6.45) is 0. The predicted molar refractivity (Wildman–Crippen MR) is 44.5 cm³/mol. The second-order valence-electron chi connectivity index (χ2n) is 1.59. The molecule has 46 valence electrons. The summed E-state index contributed by atoms with van der Waals surface area (Å²) in [6.45, 7) is 0. The van der Waals surface area contributed by atoms with E-state index in [0.717, 1.165) is 0 Å². The molecule has 0 aromatic heterocycles. The third-order valence-electron chi connectivity index (χ3n) is 0.967. The Kier molecular flexibility index (Phi) is 3.12. The summed E-state index contributed by atoms with van der Waals surface area (Å²) in [7, 11) is 0. The fraction of sp³-hybridized carbons (Fsp3) is 0. The normalized spacial score (nSPS) is 8.89. The quantitative estimate of drug-likeness (QED) is 0.524. The summed E-state index contributed by atoms with van der Waals surface area (Å²) in [5.41, 5.74) is 0.